The van der Waals surface area contributed by atoms with Crippen molar-refractivity contribution in [3.05, 3.63) is 66.1 Å². The zero-order valence-corrected chi connectivity index (χ0v) is 21.6. The van der Waals surface area contributed by atoms with Crippen molar-refractivity contribution in [2.75, 3.05) is 31.6 Å². The first-order chi connectivity index (χ1) is 17.8. The van der Waals surface area contributed by atoms with Gasteiger partial charge >= 0.3 is 0 Å². The Labute approximate surface area is 216 Å². The van der Waals surface area contributed by atoms with E-state index in [1.165, 1.54) is 11.1 Å². The Morgan fingerprint density at radius 2 is 1.86 bits per heavy atom. The Bertz CT molecular complexity index is 1530. The molecular formula is C28H30N4O4S. The molecule has 1 aromatic heterocycles. The summed E-state index contributed by atoms with van der Waals surface area (Å²) in [6.07, 6.45) is 7.32. The second kappa shape index (κ2) is 7.75. The normalized spacial score (nSPS) is 23.6. The molecule has 1 amide bonds. The Balaban J connectivity index is 1.09. The van der Waals surface area contributed by atoms with Gasteiger partial charge in [0.1, 0.15) is 0 Å². The van der Waals surface area contributed by atoms with Crippen LogP contribution in [-0.4, -0.2) is 60.0 Å². The zero-order valence-electron chi connectivity index (χ0n) is 20.8. The van der Waals surface area contributed by atoms with Crippen LogP contribution in [0.4, 0.5) is 5.69 Å². The number of piperidine rings is 1. The summed E-state index contributed by atoms with van der Waals surface area (Å²) >= 11 is 0. The van der Waals surface area contributed by atoms with Gasteiger partial charge in [-0.1, -0.05) is 24.3 Å². The third-order valence-electron chi connectivity index (χ3n) is 9.37. The summed E-state index contributed by atoms with van der Waals surface area (Å²) in [5.41, 5.74) is 4.83. The van der Waals surface area contributed by atoms with Crippen molar-refractivity contribution in [3.8, 4) is 11.3 Å². The van der Waals surface area contributed by atoms with Crippen LogP contribution in [0.25, 0.3) is 11.3 Å². The largest absolute Gasteiger partial charge is 0.396 e. The van der Waals surface area contributed by atoms with E-state index in [9.17, 15) is 18.3 Å². The number of aliphatic hydroxyl groups is 1. The lowest BCUT2D eigenvalue weighted by Crippen LogP contribution is -2.57. The molecule has 0 radical (unpaired) electrons. The Morgan fingerprint density at radius 1 is 1.11 bits per heavy atom. The molecule has 192 valence electrons. The number of aromatic nitrogens is 2. The van der Waals surface area contributed by atoms with E-state index in [1.54, 1.807) is 34.5 Å². The molecule has 9 heteroatoms. The smallest absolute Gasteiger partial charge is 0.243 e. The average molecular weight is 519 g/mol. The van der Waals surface area contributed by atoms with Crippen molar-refractivity contribution < 1.29 is 18.3 Å². The summed E-state index contributed by atoms with van der Waals surface area (Å²) in [7, 11) is -1.92. The number of anilines is 1. The molecule has 1 unspecified atom stereocenters. The van der Waals surface area contributed by atoms with Gasteiger partial charge in [-0.05, 0) is 60.4 Å². The lowest BCUT2D eigenvalue weighted by molar-refractivity contribution is -0.119. The highest BCUT2D eigenvalue weighted by molar-refractivity contribution is 7.89. The minimum absolute atomic E-state index is 0.0190. The van der Waals surface area contributed by atoms with Gasteiger partial charge in [-0.25, -0.2) is 13.4 Å². The SMILES string of the molecule is CN1C(=O)Cc2cc(S(=O)(=O)N3CCC4(CC3)CC(CO)(C3c5ccccc5-c5cncn53)C4)ccc21. The quantitative estimate of drug-likeness (QED) is 0.572. The van der Waals surface area contributed by atoms with Crippen molar-refractivity contribution in [3.63, 3.8) is 0 Å². The van der Waals surface area contributed by atoms with E-state index < -0.39 is 10.0 Å². The van der Waals surface area contributed by atoms with Crippen molar-refractivity contribution >= 4 is 21.6 Å². The molecule has 4 heterocycles. The fourth-order valence-corrected chi connectivity index (χ4v) is 9.10. The molecule has 3 aliphatic heterocycles. The molecule has 7 rings (SSSR count). The van der Waals surface area contributed by atoms with Crippen LogP contribution in [0.1, 0.15) is 42.9 Å². The highest BCUT2D eigenvalue weighted by Gasteiger charge is 2.60. The number of carbonyl (C=O) groups is 1. The molecule has 1 N–H and O–H groups in total. The fraction of sp³-hybridized carbons (Fsp3) is 0.429. The summed E-state index contributed by atoms with van der Waals surface area (Å²) in [5.74, 6) is -0.0190. The number of sulfonamides is 1. The number of amides is 1. The Morgan fingerprint density at radius 3 is 2.62 bits per heavy atom. The Kier molecular flexibility index (Phi) is 4.85. The first kappa shape index (κ1) is 23.1. The molecule has 1 saturated carbocycles. The molecule has 8 nitrogen and oxygen atoms in total. The molecule has 2 aromatic carbocycles. The van der Waals surface area contributed by atoms with Crippen LogP contribution < -0.4 is 4.90 Å². The lowest BCUT2D eigenvalue weighted by atomic mass is 9.47. The van der Waals surface area contributed by atoms with Crippen LogP contribution in [0.5, 0.6) is 0 Å². The van der Waals surface area contributed by atoms with Gasteiger partial charge in [0.15, 0.2) is 0 Å². The molecule has 3 aromatic rings. The third-order valence-corrected chi connectivity index (χ3v) is 11.3. The van der Waals surface area contributed by atoms with Crippen molar-refractivity contribution in [2.45, 2.75) is 43.0 Å². The fourth-order valence-electron chi connectivity index (χ4n) is 7.61. The number of benzene rings is 2. The number of likely N-dealkylation sites (N-methyl/N-ethyl adjacent to an activating group) is 1. The average Bonchev–Trinajstić information content (AvgIpc) is 3.55. The predicted molar refractivity (Wildman–Crippen MR) is 139 cm³/mol. The first-order valence-corrected chi connectivity index (χ1v) is 14.3. The highest BCUT2D eigenvalue weighted by atomic mass is 32.2. The van der Waals surface area contributed by atoms with Crippen molar-refractivity contribution in [1.82, 2.24) is 13.9 Å². The van der Waals surface area contributed by atoms with Gasteiger partial charge in [-0.3, -0.25) is 4.79 Å². The molecule has 1 saturated heterocycles. The van der Waals surface area contributed by atoms with Gasteiger partial charge < -0.3 is 14.6 Å². The minimum atomic E-state index is -3.63. The van der Waals surface area contributed by atoms with Crippen LogP contribution in [0, 0.1) is 10.8 Å². The van der Waals surface area contributed by atoms with E-state index in [2.05, 4.69) is 27.8 Å². The molecule has 0 bridgehead atoms. The van der Waals surface area contributed by atoms with E-state index in [0.717, 1.165) is 42.6 Å². The number of carbonyl (C=O) groups excluding carboxylic acids is 1. The number of hydrogen-bond donors (Lipinski definition) is 1. The van der Waals surface area contributed by atoms with Gasteiger partial charge in [-0.15, -0.1) is 0 Å². The monoisotopic (exact) mass is 518 g/mol. The van der Waals surface area contributed by atoms with Gasteiger partial charge in [0.25, 0.3) is 0 Å². The topological polar surface area (TPSA) is 95.7 Å². The highest BCUT2D eigenvalue weighted by Crippen LogP contribution is 2.66. The molecule has 4 aliphatic rings. The number of rotatable bonds is 4. The maximum atomic E-state index is 13.5. The summed E-state index contributed by atoms with van der Waals surface area (Å²) in [4.78, 5) is 18.3. The second-order valence-electron chi connectivity index (χ2n) is 11.4. The minimum Gasteiger partial charge on any atom is -0.396 e. The third kappa shape index (κ3) is 3.17. The van der Waals surface area contributed by atoms with Gasteiger partial charge in [0, 0.05) is 36.8 Å². The van der Waals surface area contributed by atoms with Crippen molar-refractivity contribution in [1.29, 1.82) is 0 Å². The summed E-state index contributed by atoms with van der Waals surface area (Å²) in [6, 6.07) is 13.5. The standard InChI is InChI=1S/C28H30N4O4S/c1-30-23-7-6-20(12-19(23)13-25(30)34)37(35,36)31-10-8-27(9-11-31)15-28(16-27,17-33)26-22-5-3-2-4-21(22)24-14-29-18-32(24)26/h2-7,12,14,18,26,33H,8-11,13,15-17H2,1H3. The second-order valence-corrected chi connectivity index (χ2v) is 13.3. The van der Waals surface area contributed by atoms with Crippen molar-refractivity contribution in [2.24, 2.45) is 10.8 Å². The van der Waals surface area contributed by atoms with Gasteiger partial charge in [0.2, 0.25) is 15.9 Å². The van der Waals surface area contributed by atoms with Crippen LogP contribution in [-0.2, 0) is 21.2 Å². The molecule has 2 fully saturated rings. The zero-order chi connectivity index (χ0) is 25.6. The van der Waals surface area contributed by atoms with E-state index >= 15 is 0 Å². The van der Waals surface area contributed by atoms with Crippen LogP contribution in [0.3, 0.4) is 0 Å². The number of hydrogen-bond acceptors (Lipinski definition) is 5. The number of imidazole rings is 1. The molecule has 1 atom stereocenters. The predicted octanol–water partition coefficient (Wildman–Crippen LogP) is 3.22. The number of fused-ring (bicyclic) bond motifs is 4. The van der Waals surface area contributed by atoms with Crippen LogP contribution in [0.15, 0.2) is 59.9 Å². The van der Waals surface area contributed by atoms with Crippen LogP contribution >= 0.6 is 0 Å². The molecule has 1 aliphatic carbocycles. The van der Waals surface area contributed by atoms with Crippen LogP contribution in [0.2, 0.25) is 0 Å². The van der Waals surface area contributed by atoms with E-state index in [1.807, 2.05) is 18.6 Å². The maximum absolute atomic E-state index is 13.5. The molecule has 37 heavy (non-hydrogen) atoms. The van der Waals surface area contributed by atoms with Gasteiger partial charge in [-0.2, -0.15) is 4.31 Å². The van der Waals surface area contributed by atoms with E-state index in [0.29, 0.717) is 13.1 Å². The number of nitrogens with zero attached hydrogens (tertiary/aromatic N) is 4. The lowest BCUT2D eigenvalue weighted by Gasteiger charge is -2.61. The number of aliphatic hydroxyl groups excluding tert-OH is 1. The molecular weight excluding hydrogens is 488 g/mol. The maximum Gasteiger partial charge on any atom is 0.243 e. The summed E-state index contributed by atoms with van der Waals surface area (Å²) in [5, 5.41) is 10.7. The Hall–Kier alpha value is -3.01. The van der Waals surface area contributed by atoms with E-state index in [4.69, 9.17) is 0 Å². The summed E-state index contributed by atoms with van der Waals surface area (Å²) < 4.78 is 30.8. The first-order valence-electron chi connectivity index (χ1n) is 12.9. The summed E-state index contributed by atoms with van der Waals surface area (Å²) in [6.45, 7) is 1.03. The van der Waals surface area contributed by atoms with E-state index in [-0.39, 0.29) is 40.7 Å². The van der Waals surface area contributed by atoms with Gasteiger partial charge in [0.05, 0.1) is 42.2 Å². The molecule has 1 spiro atoms.